The number of phenols is 1. The predicted molar refractivity (Wildman–Crippen MR) is 67.5 cm³/mol. The van der Waals surface area contributed by atoms with Crippen LogP contribution >= 0.6 is 0 Å². The Bertz CT molecular complexity index is 362. The summed E-state index contributed by atoms with van der Waals surface area (Å²) < 4.78 is 0. The van der Waals surface area contributed by atoms with Gasteiger partial charge in [0.25, 0.3) is 0 Å². The molecule has 1 amide bonds. The van der Waals surface area contributed by atoms with Crippen molar-refractivity contribution in [1.82, 2.24) is 4.90 Å². The molecule has 3 N–H and O–H groups in total. The van der Waals surface area contributed by atoms with Crippen LogP contribution in [-0.2, 0) is 11.3 Å². The van der Waals surface area contributed by atoms with Crippen molar-refractivity contribution in [3.63, 3.8) is 0 Å². The Balaban J connectivity index is 2.56. The Morgan fingerprint density at radius 3 is 2.53 bits per heavy atom. The Morgan fingerprint density at radius 2 is 2.00 bits per heavy atom. The fourth-order valence-corrected chi connectivity index (χ4v) is 1.67. The first kappa shape index (κ1) is 13.5. The van der Waals surface area contributed by atoms with E-state index in [9.17, 15) is 4.79 Å². The molecule has 0 saturated heterocycles. The molecule has 17 heavy (non-hydrogen) atoms. The van der Waals surface area contributed by atoms with Gasteiger partial charge in [-0.15, -0.1) is 0 Å². The highest BCUT2D eigenvalue weighted by atomic mass is 16.3. The molecule has 4 nitrogen and oxygen atoms in total. The third-order valence-corrected chi connectivity index (χ3v) is 2.65. The first-order valence-corrected chi connectivity index (χ1v) is 5.83. The van der Waals surface area contributed by atoms with Crippen LogP contribution in [0.3, 0.4) is 0 Å². The molecule has 0 heterocycles. The van der Waals surface area contributed by atoms with Crippen LogP contribution in [0.5, 0.6) is 5.75 Å². The number of nitrogens with two attached hydrogens (primary N) is 1. The van der Waals surface area contributed by atoms with Gasteiger partial charge >= 0.3 is 0 Å². The van der Waals surface area contributed by atoms with Gasteiger partial charge in [-0.2, -0.15) is 0 Å². The number of carbonyl (C=O) groups excluding carboxylic acids is 1. The number of aromatic hydroxyl groups is 1. The molecule has 1 aromatic carbocycles. The fraction of sp³-hybridized carbons (Fsp3) is 0.462. The minimum Gasteiger partial charge on any atom is -0.508 e. The molecule has 0 aliphatic carbocycles. The van der Waals surface area contributed by atoms with Crippen LogP contribution < -0.4 is 5.73 Å². The van der Waals surface area contributed by atoms with Gasteiger partial charge in [0.1, 0.15) is 5.75 Å². The van der Waals surface area contributed by atoms with Crippen LogP contribution in [0.15, 0.2) is 24.3 Å². The second kappa shape index (κ2) is 6.25. The molecule has 1 atom stereocenters. The summed E-state index contributed by atoms with van der Waals surface area (Å²) in [6, 6.07) is 6.40. The van der Waals surface area contributed by atoms with E-state index in [1.807, 2.05) is 6.92 Å². The van der Waals surface area contributed by atoms with Crippen molar-refractivity contribution in [2.24, 2.45) is 5.73 Å². The van der Waals surface area contributed by atoms with E-state index in [1.165, 1.54) is 0 Å². The second-order valence-corrected chi connectivity index (χ2v) is 4.26. The summed E-state index contributed by atoms with van der Waals surface area (Å²) in [5.74, 6) is 0.185. The number of likely N-dealkylation sites (N-methyl/N-ethyl adjacent to an activating group) is 1. The van der Waals surface area contributed by atoms with E-state index in [-0.39, 0.29) is 11.7 Å². The van der Waals surface area contributed by atoms with Gasteiger partial charge in [-0.3, -0.25) is 4.79 Å². The van der Waals surface area contributed by atoms with E-state index < -0.39 is 6.04 Å². The number of amides is 1. The topological polar surface area (TPSA) is 66.6 Å². The molecule has 1 rings (SSSR count). The maximum absolute atomic E-state index is 11.9. The largest absolute Gasteiger partial charge is 0.508 e. The van der Waals surface area contributed by atoms with Gasteiger partial charge in [0.05, 0.1) is 6.04 Å². The number of hydrogen-bond acceptors (Lipinski definition) is 3. The Labute approximate surface area is 102 Å². The third kappa shape index (κ3) is 4.07. The summed E-state index contributed by atoms with van der Waals surface area (Å²) in [7, 11) is 1.74. The Morgan fingerprint density at radius 1 is 1.41 bits per heavy atom. The van der Waals surface area contributed by atoms with Crippen LogP contribution in [0, 0.1) is 0 Å². The summed E-state index contributed by atoms with van der Waals surface area (Å²) in [5, 5.41) is 9.16. The zero-order chi connectivity index (χ0) is 12.8. The van der Waals surface area contributed by atoms with Crippen molar-refractivity contribution in [3.8, 4) is 5.75 Å². The number of phenolic OH excluding ortho intramolecular Hbond substituents is 1. The Kier molecular flexibility index (Phi) is 4.97. The summed E-state index contributed by atoms with van der Waals surface area (Å²) in [4.78, 5) is 13.5. The molecule has 94 valence electrons. The van der Waals surface area contributed by atoms with Gasteiger partial charge in [-0.05, 0) is 24.1 Å². The van der Waals surface area contributed by atoms with E-state index in [0.29, 0.717) is 13.0 Å². The van der Waals surface area contributed by atoms with E-state index in [4.69, 9.17) is 10.8 Å². The van der Waals surface area contributed by atoms with Crippen molar-refractivity contribution in [2.75, 3.05) is 7.05 Å². The first-order chi connectivity index (χ1) is 8.04. The average Bonchev–Trinajstić information content (AvgIpc) is 2.31. The minimum absolute atomic E-state index is 0.0417. The van der Waals surface area contributed by atoms with E-state index in [0.717, 1.165) is 12.0 Å². The molecule has 0 aliphatic heterocycles. The van der Waals surface area contributed by atoms with Crippen LogP contribution in [0.25, 0.3) is 0 Å². The fourth-order valence-electron chi connectivity index (χ4n) is 1.67. The van der Waals surface area contributed by atoms with Crippen molar-refractivity contribution in [3.05, 3.63) is 29.8 Å². The van der Waals surface area contributed by atoms with E-state index in [1.54, 1.807) is 36.2 Å². The normalized spacial score (nSPS) is 12.2. The summed E-state index contributed by atoms with van der Waals surface area (Å²) in [6.45, 7) is 2.52. The zero-order valence-electron chi connectivity index (χ0n) is 10.4. The average molecular weight is 236 g/mol. The van der Waals surface area contributed by atoms with Crippen LogP contribution in [0.4, 0.5) is 0 Å². The van der Waals surface area contributed by atoms with Gasteiger partial charge in [-0.1, -0.05) is 25.5 Å². The van der Waals surface area contributed by atoms with Crippen molar-refractivity contribution >= 4 is 5.91 Å². The minimum atomic E-state index is -0.415. The maximum Gasteiger partial charge on any atom is 0.239 e. The molecule has 0 unspecified atom stereocenters. The summed E-state index contributed by atoms with van der Waals surface area (Å²) in [6.07, 6.45) is 1.61. The van der Waals surface area contributed by atoms with Crippen LogP contribution in [0.2, 0.25) is 0 Å². The lowest BCUT2D eigenvalue weighted by atomic mass is 10.1. The highest BCUT2D eigenvalue weighted by Gasteiger charge is 2.16. The van der Waals surface area contributed by atoms with Crippen molar-refractivity contribution in [1.29, 1.82) is 0 Å². The summed E-state index contributed by atoms with van der Waals surface area (Å²) >= 11 is 0. The van der Waals surface area contributed by atoms with Gasteiger partial charge in [0, 0.05) is 13.6 Å². The number of carbonyl (C=O) groups is 1. The van der Waals surface area contributed by atoms with Crippen LogP contribution in [0.1, 0.15) is 25.3 Å². The third-order valence-electron chi connectivity index (χ3n) is 2.65. The number of benzene rings is 1. The lowest BCUT2D eigenvalue weighted by molar-refractivity contribution is -0.131. The Hall–Kier alpha value is -1.55. The summed E-state index contributed by atoms with van der Waals surface area (Å²) in [5.41, 5.74) is 6.75. The molecule has 4 heteroatoms. The number of hydrogen-bond donors (Lipinski definition) is 2. The zero-order valence-corrected chi connectivity index (χ0v) is 10.4. The molecule has 0 bridgehead atoms. The second-order valence-electron chi connectivity index (χ2n) is 4.26. The lowest BCUT2D eigenvalue weighted by Gasteiger charge is -2.21. The van der Waals surface area contributed by atoms with E-state index >= 15 is 0 Å². The van der Waals surface area contributed by atoms with Gasteiger partial charge in [-0.25, -0.2) is 0 Å². The molecule has 1 aromatic rings. The molecular formula is C13H20N2O2. The molecule has 0 spiro atoms. The molecule has 0 fully saturated rings. The molecule has 0 aromatic heterocycles. The van der Waals surface area contributed by atoms with Crippen LogP contribution in [-0.4, -0.2) is 29.0 Å². The number of rotatable bonds is 5. The van der Waals surface area contributed by atoms with E-state index in [2.05, 4.69) is 0 Å². The molecule has 0 aliphatic rings. The molecule has 0 radical (unpaired) electrons. The molecule has 0 saturated carbocycles. The lowest BCUT2D eigenvalue weighted by Crippen LogP contribution is -2.41. The highest BCUT2D eigenvalue weighted by molar-refractivity contribution is 5.81. The van der Waals surface area contributed by atoms with Gasteiger partial charge in [0.2, 0.25) is 5.91 Å². The monoisotopic (exact) mass is 236 g/mol. The highest BCUT2D eigenvalue weighted by Crippen LogP contribution is 2.11. The predicted octanol–water partition coefficient (Wildman–Crippen LogP) is 1.48. The quantitative estimate of drug-likeness (QED) is 0.813. The SMILES string of the molecule is CCC[C@@H](N)C(=O)N(C)Cc1ccc(O)cc1. The smallest absolute Gasteiger partial charge is 0.239 e. The van der Waals surface area contributed by atoms with Gasteiger partial charge in [0.15, 0.2) is 0 Å². The van der Waals surface area contributed by atoms with Crippen molar-refractivity contribution < 1.29 is 9.90 Å². The standard InChI is InChI=1S/C13H20N2O2/c1-3-4-12(14)13(17)15(2)9-10-5-7-11(16)8-6-10/h5-8,12,16H,3-4,9,14H2,1-2H3/t12-/m1/s1. The van der Waals surface area contributed by atoms with Gasteiger partial charge < -0.3 is 15.7 Å². The maximum atomic E-state index is 11.9. The molecular weight excluding hydrogens is 216 g/mol. The number of nitrogens with zero attached hydrogens (tertiary/aromatic N) is 1. The first-order valence-electron chi connectivity index (χ1n) is 5.83. The van der Waals surface area contributed by atoms with Crippen molar-refractivity contribution in [2.45, 2.75) is 32.4 Å².